The molecule has 1 aromatic rings. The SMILES string of the molecule is CC(=O)N[C@H]([C@H](O)[C@H](O)c1ccccc1)C(C)(C)C. The third-order valence-electron chi connectivity index (χ3n) is 3.10. The summed E-state index contributed by atoms with van der Waals surface area (Å²) in [5.41, 5.74) is 0.274. The Morgan fingerprint density at radius 2 is 1.68 bits per heavy atom. The lowest BCUT2D eigenvalue weighted by Gasteiger charge is -2.37. The molecule has 0 aliphatic carbocycles. The highest BCUT2D eigenvalue weighted by molar-refractivity contribution is 5.73. The van der Waals surface area contributed by atoms with Crippen LogP contribution in [-0.2, 0) is 4.79 Å². The van der Waals surface area contributed by atoms with Crippen molar-refractivity contribution < 1.29 is 15.0 Å². The van der Waals surface area contributed by atoms with Crippen molar-refractivity contribution in [3.63, 3.8) is 0 Å². The number of hydrogen-bond acceptors (Lipinski definition) is 3. The summed E-state index contributed by atoms with van der Waals surface area (Å²) in [6.45, 7) is 7.14. The van der Waals surface area contributed by atoms with Crippen LogP contribution in [0.25, 0.3) is 0 Å². The number of carbonyl (C=O) groups is 1. The first-order valence-electron chi connectivity index (χ1n) is 6.41. The van der Waals surface area contributed by atoms with Gasteiger partial charge in [0.05, 0.1) is 6.04 Å². The van der Waals surface area contributed by atoms with Crippen molar-refractivity contribution in [3.05, 3.63) is 35.9 Å². The predicted molar refractivity (Wildman–Crippen MR) is 74.5 cm³/mol. The Hall–Kier alpha value is -1.39. The number of rotatable bonds is 4. The molecule has 0 saturated carbocycles. The highest BCUT2D eigenvalue weighted by Crippen LogP contribution is 2.28. The number of carbonyl (C=O) groups excluding carboxylic acids is 1. The molecule has 19 heavy (non-hydrogen) atoms. The maximum absolute atomic E-state index is 11.3. The van der Waals surface area contributed by atoms with E-state index in [4.69, 9.17) is 0 Å². The van der Waals surface area contributed by atoms with E-state index in [-0.39, 0.29) is 11.3 Å². The quantitative estimate of drug-likeness (QED) is 0.775. The average Bonchev–Trinajstić information content (AvgIpc) is 2.34. The standard InChI is InChI=1S/C15H23NO3/c1-10(17)16-14(15(2,3)4)13(19)12(18)11-8-6-5-7-9-11/h5-9,12-14,18-19H,1-4H3,(H,16,17)/t12-,13-,14-/m1/s1. The molecule has 1 aromatic carbocycles. The molecule has 0 unspecified atom stereocenters. The molecule has 0 spiro atoms. The number of amides is 1. The van der Waals surface area contributed by atoms with Gasteiger partial charge in [0.25, 0.3) is 0 Å². The molecule has 0 aromatic heterocycles. The van der Waals surface area contributed by atoms with E-state index in [0.29, 0.717) is 5.56 Å². The molecule has 3 atom stereocenters. The fourth-order valence-electron chi connectivity index (χ4n) is 2.06. The van der Waals surface area contributed by atoms with Gasteiger partial charge in [-0.25, -0.2) is 0 Å². The van der Waals surface area contributed by atoms with Crippen molar-refractivity contribution in [1.82, 2.24) is 5.32 Å². The molecule has 0 aliphatic rings. The van der Waals surface area contributed by atoms with Crippen LogP contribution in [0.4, 0.5) is 0 Å². The number of nitrogens with one attached hydrogen (secondary N) is 1. The van der Waals surface area contributed by atoms with Crippen LogP contribution in [0.15, 0.2) is 30.3 Å². The first-order valence-corrected chi connectivity index (χ1v) is 6.41. The first kappa shape index (κ1) is 15.7. The smallest absolute Gasteiger partial charge is 0.217 e. The Kier molecular flexibility index (Phi) is 5.09. The van der Waals surface area contributed by atoms with Crippen molar-refractivity contribution in [2.24, 2.45) is 5.41 Å². The van der Waals surface area contributed by atoms with Gasteiger partial charge in [-0.3, -0.25) is 4.79 Å². The van der Waals surface area contributed by atoms with E-state index in [9.17, 15) is 15.0 Å². The van der Waals surface area contributed by atoms with Gasteiger partial charge in [0.1, 0.15) is 12.2 Å². The molecule has 4 nitrogen and oxygen atoms in total. The average molecular weight is 265 g/mol. The lowest BCUT2D eigenvalue weighted by Crippen LogP contribution is -2.52. The Balaban J connectivity index is 2.93. The minimum absolute atomic E-state index is 0.223. The van der Waals surface area contributed by atoms with E-state index < -0.39 is 18.2 Å². The molecular weight excluding hydrogens is 242 g/mol. The van der Waals surface area contributed by atoms with Crippen LogP contribution in [0.3, 0.4) is 0 Å². The second-order valence-electron chi connectivity index (χ2n) is 5.89. The predicted octanol–water partition coefficient (Wildman–Crippen LogP) is 1.63. The summed E-state index contributed by atoms with van der Waals surface area (Å²) in [6.07, 6.45) is -2.09. The fraction of sp³-hybridized carbons (Fsp3) is 0.533. The van der Waals surface area contributed by atoms with Gasteiger partial charge in [0.15, 0.2) is 0 Å². The van der Waals surface area contributed by atoms with Crippen molar-refractivity contribution in [1.29, 1.82) is 0 Å². The lowest BCUT2D eigenvalue weighted by atomic mass is 9.80. The van der Waals surface area contributed by atoms with Gasteiger partial charge in [-0.05, 0) is 11.0 Å². The largest absolute Gasteiger partial charge is 0.388 e. The van der Waals surface area contributed by atoms with Crippen LogP contribution in [0, 0.1) is 5.41 Å². The van der Waals surface area contributed by atoms with Crippen molar-refractivity contribution in [2.45, 2.75) is 45.9 Å². The molecule has 1 amide bonds. The van der Waals surface area contributed by atoms with E-state index in [1.807, 2.05) is 26.8 Å². The van der Waals surface area contributed by atoms with E-state index in [0.717, 1.165) is 0 Å². The molecule has 0 radical (unpaired) electrons. The zero-order chi connectivity index (χ0) is 14.6. The van der Waals surface area contributed by atoms with Crippen molar-refractivity contribution >= 4 is 5.91 Å². The van der Waals surface area contributed by atoms with Gasteiger partial charge in [-0.1, -0.05) is 51.1 Å². The minimum Gasteiger partial charge on any atom is -0.388 e. The fourth-order valence-corrected chi connectivity index (χ4v) is 2.06. The highest BCUT2D eigenvalue weighted by atomic mass is 16.3. The summed E-state index contributed by atoms with van der Waals surface area (Å²) in [7, 11) is 0. The minimum atomic E-state index is -1.06. The van der Waals surface area contributed by atoms with E-state index in [1.54, 1.807) is 24.3 Å². The maximum Gasteiger partial charge on any atom is 0.217 e. The number of hydrogen-bond donors (Lipinski definition) is 3. The molecule has 0 aliphatic heterocycles. The summed E-state index contributed by atoms with van der Waals surface area (Å²) < 4.78 is 0. The summed E-state index contributed by atoms with van der Waals surface area (Å²) in [6, 6.07) is 8.42. The summed E-state index contributed by atoms with van der Waals surface area (Å²) in [5, 5.41) is 23.3. The summed E-state index contributed by atoms with van der Waals surface area (Å²) in [5.74, 6) is -0.223. The topological polar surface area (TPSA) is 69.6 Å². The molecule has 4 heteroatoms. The normalized spacial score (nSPS) is 16.5. The molecule has 1 rings (SSSR count). The van der Waals surface area contributed by atoms with Gasteiger partial charge >= 0.3 is 0 Å². The molecule has 0 bridgehead atoms. The van der Waals surface area contributed by atoms with Gasteiger partial charge < -0.3 is 15.5 Å². The first-order chi connectivity index (χ1) is 8.73. The number of aliphatic hydroxyl groups excluding tert-OH is 2. The second kappa shape index (κ2) is 6.17. The summed E-state index contributed by atoms with van der Waals surface area (Å²) >= 11 is 0. The van der Waals surface area contributed by atoms with Crippen molar-refractivity contribution in [2.75, 3.05) is 0 Å². The molecular formula is C15H23NO3. The van der Waals surface area contributed by atoms with Crippen LogP contribution in [0.2, 0.25) is 0 Å². The molecule has 106 valence electrons. The van der Waals surface area contributed by atoms with Gasteiger partial charge in [-0.2, -0.15) is 0 Å². The Morgan fingerprint density at radius 1 is 1.16 bits per heavy atom. The third kappa shape index (κ3) is 4.33. The summed E-state index contributed by atoms with van der Waals surface area (Å²) in [4.78, 5) is 11.3. The highest BCUT2D eigenvalue weighted by Gasteiger charge is 2.36. The van der Waals surface area contributed by atoms with Gasteiger partial charge in [0, 0.05) is 6.92 Å². The molecule has 0 heterocycles. The number of benzene rings is 1. The van der Waals surface area contributed by atoms with Crippen LogP contribution < -0.4 is 5.32 Å². The Bertz CT molecular complexity index is 411. The van der Waals surface area contributed by atoms with Crippen LogP contribution in [-0.4, -0.2) is 28.3 Å². The maximum atomic E-state index is 11.3. The molecule has 3 N–H and O–H groups in total. The zero-order valence-corrected chi connectivity index (χ0v) is 11.9. The van der Waals surface area contributed by atoms with E-state index >= 15 is 0 Å². The van der Waals surface area contributed by atoms with Gasteiger partial charge in [-0.15, -0.1) is 0 Å². The third-order valence-corrected chi connectivity index (χ3v) is 3.10. The van der Waals surface area contributed by atoms with E-state index in [1.165, 1.54) is 6.92 Å². The van der Waals surface area contributed by atoms with E-state index in [2.05, 4.69) is 5.32 Å². The number of aliphatic hydroxyl groups is 2. The van der Waals surface area contributed by atoms with Crippen molar-refractivity contribution in [3.8, 4) is 0 Å². The Morgan fingerprint density at radius 3 is 2.11 bits per heavy atom. The van der Waals surface area contributed by atoms with Crippen LogP contribution in [0.1, 0.15) is 39.4 Å². The second-order valence-corrected chi connectivity index (χ2v) is 5.89. The molecule has 0 saturated heterocycles. The van der Waals surface area contributed by atoms with Crippen LogP contribution >= 0.6 is 0 Å². The Labute approximate surface area is 114 Å². The zero-order valence-electron chi connectivity index (χ0n) is 11.9. The molecule has 0 fully saturated rings. The van der Waals surface area contributed by atoms with Gasteiger partial charge in [0.2, 0.25) is 5.91 Å². The van der Waals surface area contributed by atoms with Crippen LogP contribution in [0.5, 0.6) is 0 Å². The lowest BCUT2D eigenvalue weighted by molar-refractivity contribution is -0.123. The monoisotopic (exact) mass is 265 g/mol.